The second-order valence-electron chi connectivity index (χ2n) is 14.3. The molecule has 4 atom stereocenters. The van der Waals surface area contributed by atoms with Crippen LogP contribution in [0.4, 0.5) is 0 Å². The zero-order valence-electron chi connectivity index (χ0n) is 28.9. The topological polar surface area (TPSA) is 124 Å². The Hall–Kier alpha value is -5.90. The summed E-state index contributed by atoms with van der Waals surface area (Å²) in [5, 5.41) is 0. The van der Waals surface area contributed by atoms with Crippen molar-refractivity contribution in [2.24, 2.45) is 5.92 Å². The van der Waals surface area contributed by atoms with Gasteiger partial charge >= 0.3 is 0 Å². The largest absolute Gasteiger partial charge is 0.340 e. The number of nitrogens with one attached hydrogen (secondary N) is 2. The highest BCUT2D eigenvalue weighted by Gasteiger charge is 2.49. The maximum Gasteiger partial charge on any atom is 0.227 e. The summed E-state index contributed by atoms with van der Waals surface area (Å²) >= 11 is 0. The van der Waals surface area contributed by atoms with Gasteiger partial charge in [-0.2, -0.15) is 0 Å². The van der Waals surface area contributed by atoms with Crippen LogP contribution in [0.5, 0.6) is 0 Å². The number of rotatable bonds is 9. The molecule has 52 heavy (non-hydrogen) atoms. The van der Waals surface area contributed by atoms with Crippen LogP contribution in [0, 0.1) is 5.92 Å². The van der Waals surface area contributed by atoms with E-state index in [1.807, 2.05) is 41.6 Å². The number of H-pyrrole nitrogens is 2. The highest BCUT2D eigenvalue weighted by Crippen LogP contribution is 2.50. The van der Waals surface area contributed by atoms with E-state index in [2.05, 4.69) is 73.4 Å². The van der Waals surface area contributed by atoms with E-state index in [0.717, 1.165) is 95.1 Å². The predicted octanol–water partition coefficient (Wildman–Crippen LogP) is 7.12. The van der Waals surface area contributed by atoms with Crippen molar-refractivity contribution < 1.29 is 9.59 Å². The summed E-state index contributed by atoms with van der Waals surface area (Å²) in [4.78, 5) is 55.7. The van der Waals surface area contributed by atoms with E-state index in [4.69, 9.17) is 9.97 Å². The molecule has 2 aromatic carbocycles. The minimum Gasteiger partial charge on any atom is -0.340 e. The Morgan fingerprint density at radius 3 is 1.85 bits per heavy atom. The lowest BCUT2D eigenvalue weighted by atomic mass is 9.97. The number of nitrogens with zero attached hydrogens (tertiary/aromatic N) is 6. The Balaban J connectivity index is 0.862. The molecule has 2 aliphatic heterocycles. The van der Waals surface area contributed by atoms with E-state index in [1.54, 1.807) is 24.8 Å². The molecule has 2 N–H and O–H groups in total. The number of pyridine rings is 2. The SMILES string of the molecule is O=C(Cc1cccnc1)N1CCC[C@H]1c1ncc(-c2ccc(-c3ccc(-c4cnc([C@H]5[C@H]6CC[C@@H](C6)N5C(=O)Cc5cccnc5)[nH]4)cc3)cc2)[nH]1. The van der Waals surface area contributed by atoms with Crippen LogP contribution in [0.15, 0.2) is 110 Å². The number of amides is 2. The van der Waals surface area contributed by atoms with Gasteiger partial charge in [0.25, 0.3) is 0 Å². The van der Waals surface area contributed by atoms with Crippen LogP contribution in [0.2, 0.25) is 0 Å². The molecule has 3 aliphatic rings. The summed E-state index contributed by atoms with van der Waals surface area (Å²) in [5.74, 6) is 2.40. The monoisotopic (exact) mass is 688 g/mol. The molecule has 260 valence electrons. The first-order chi connectivity index (χ1) is 25.6. The lowest BCUT2D eigenvalue weighted by molar-refractivity contribution is -0.135. The fourth-order valence-electron chi connectivity index (χ4n) is 8.57. The molecule has 3 fully saturated rings. The van der Waals surface area contributed by atoms with Crippen LogP contribution < -0.4 is 0 Å². The van der Waals surface area contributed by atoms with Crippen molar-refractivity contribution in [3.05, 3.63) is 133 Å². The van der Waals surface area contributed by atoms with Crippen molar-refractivity contribution in [2.45, 2.75) is 63.1 Å². The van der Waals surface area contributed by atoms with Crippen molar-refractivity contribution >= 4 is 11.8 Å². The Bertz CT molecular complexity index is 2180. The second kappa shape index (κ2) is 13.7. The number of benzene rings is 2. The minimum atomic E-state index is -0.0474. The highest BCUT2D eigenvalue weighted by molar-refractivity contribution is 5.80. The van der Waals surface area contributed by atoms with Gasteiger partial charge in [-0.3, -0.25) is 19.6 Å². The van der Waals surface area contributed by atoms with Gasteiger partial charge in [-0.15, -0.1) is 0 Å². The summed E-state index contributed by atoms with van der Waals surface area (Å²) < 4.78 is 0. The van der Waals surface area contributed by atoms with Crippen LogP contribution in [-0.2, 0) is 22.4 Å². The van der Waals surface area contributed by atoms with Crippen LogP contribution in [-0.4, -0.2) is 64.1 Å². The predicted molar refractivity (Wildman–Crippen MR) is 197 cm³/mol. The molecule has 0 unspecified atom stereocenters. The fourth-order valence-corrected chi connectivity index (χ4v) is 8.57. The van der Waals surface area contributed by atoms with Gasteiger partial charge < -0.3 is 19.8 Å². The second-order valence-corrected chi connectivity index (χ2v) is 14.3. The van der Waals surface area contributed by atoms with Crippen molar-refractivity contribution in [2.75, 3.05) is 6.54 Å². The Morgan fingerprint density at radius 1 is 0.654 bits per heavy atom. The third kappa shape index (κ3) is 6.18. The lowest BCUT2D eigenvalue weighted by Crippen LogP contribution is -2.41. The zero-order valence-corrected chi connectivity index (χ0v) is 28.9. The average molecular weight is 689 g/mol. The molecule has 0 radical (unpaired) electrons. The molecule has 6 aromatic rings. The smallest absolute Gasteiger partial charge is 0.227 e. The lowest BCUT2D eigenvalue weighted by Gasteiger charge is -2.34. The number of hydrogen-bond donors (Lipinski definition) is 2. The number of carbonyl (C=O) groups is 2. The molecule has 9 rings (SSSR count). The molecule has 6 heterocycles. The number of carbonyl (C=O) groups excluding carboxylic acids is 2. The molecule has 10 nitrogen and oxygen atoms in total. The molecular weight excluding hydrogens is 649 g/mol. The first-order valence-corrected chi connectivity index (χ1v) is 18.3. The summed E-state index contributed by atoms with van der Waals surface area (Å²) in [6.07, 6.45) is 16.6. The van der Waals surface area contributed by atoms with Crippen LogP contribution in [0.1, 0.15) is 67.0 Å². The summed E-state index contributed by atoms with van der Waals surface area (Å²) in [5.41, 5.74) is 8.10. The Morgan fingerprint density at radius 2 is 1.23 bits per heavy atom. The van der Waals surface area contributed by atoms with Gasteiger partial charge in [-0.1, -0.05) is 60.7 Å². The van der Waals surface area contributed by atoms with Crippen LogP contribution >= 0.6 is 0 Å². The first kappa shape index (κ1) is 32.0. The van der Waals surface area contributed by atoms with E-state index in [0.29, 0.717) is 18.8 Å². The zero-order chi connectivity index (χ0) is 35.0. The Labute approximate surface area is 302 Å². The van der Waals surface area contributed by atoms with Crippen molar-refractivity contribution in [1.29, 1.82) is 0 Å². The number of fused-ring (bicyclic) bond motifs is 2. The Kier molecular flexibility index (Phi) is 8.42. The van der Waals surface area contributed by atoms with Crippen molar-refractivity contribution in [3.8, 4) is 33.6 Å². The average Bonchev–Trinajstić information content (AvgIpc) is 4.04. The number of aromatic amines is 2. The van der Waals surface area contributed by atoms with Gasteiger partial charge in [-0.05, 0) is 83.5 Å². The van der Waals surface area contributed by atoms with Gasteiger partial charge in [-0.25, -0.2) is 9.97 Å². The van der Waals surface area contributed by atoms with Crippen LogP contribution in [0.3, 0.4) is 0 Å². The number of piperidine rings is 1. The molecular formula is C42H40N8O2. The van der Waals surface area contributed by atoms with Gasteiger partial charge in [0.15, 0.2) is 0 Å². The van der Waals surface area contributed by atoms with E-state index in [-0.39, 0.29) is 29.9 Å². The van der Waals surface area contributed by atoms with Gasteiger partial charge in [0.2, 0.25) is 11.8 Å². The van der Waals surface area contributed by atoms with Gasteiger partial charge in [0, 0.05) is 37.4 Å². The van der Waals surface area contributed by atoms with Gasteiger partial charge in [0.1, 0.15) is 11.6 Å². The maximum atomic E-state index is 13.5. The quantitative estimate of drug-likeness (QED) is 0.167. The standard InChI is InChI=1S/C42H40N8O2/c51-38(20-27-4-1-17-43-23-27)49-19-3-6-37(49)41-45-25-35(47-41)31-11-7-29(8-12-31)30-9-13-32(14-10-30)36-26-46-42(48-36)40-33-15-16-34(22-33)50(40)39(52)21-28-5-2-18-44-24-28/h1-2,4-5,7-14,17-18,23-26,33-34,37,40H,3,6,15-16,19-22H2,(H,45,47)(H,46,48)/t33-,34-,37-,40+/m0/s1. The summed E-state index contributed by atoms with van der Waals surface area (Å²) in [6.45, 7) is 0.739. The molecule has 2 bridgehead atoms. The van der Waals surface area contributed by atoms with E-state index in [9.17, 15) is 9.59 Å². The van der Waals surface area contributed by atoms with E-state index < -0.39 is 0 Å². The van der Waals surface area contributed by atoms with Crippen molar-refractivity contribution in [3.63, 3.8) is 0 Å². The highest BCUT2D eigenvalue weighted by atomic mass is 16.2. The maximum absolute atomic E-state index is 13.5. The normalized spacial score (nSPS) is 20.8. The third-order valence-electron chi connectivity index (χ3n) is 11.1. The van der Waals surface area contributed by atoms with E-state index in [1.165, 1.54) is 0 Å². The van der Waals surface area contributed by atoms with Gasteiger partial charge in [0.05, 0.1) is 48.7 Å². The number of aromatic nitrogens is 6. The number of hydrogen-bond acceptors (Lipinski definition) is 6. The molecule has 0 spiro atoms. The minimum absolute atomic E-state index is 0.0163. The summed E-state index contributed by atoms with van der Waals surface area (Å²) in [6, 6.07) is 24.9. The molecule has 2 amide bonds. The summed E-state index contributed by atoms with van der Waals surface area (Å²) in [7, 11) is 0. The molecule has 1 aliphatic carbocycles. The molecule has 4 aromatic heterocycles. The molecule has 2 saturated heterocycles. The number of likely N-dealkylation sites (tertiary alicyclic amines) is 2. The third-order valence-corrected chi connectivity index (χ3v) is 11.1. The first-order valence-electron chi connectivity index (χ1n) is 18.3. The van der Waals surface area contributed by atoms with E-state index >= 15 is 0 Å². The number of imidazole rings is 2. The van der Waals surface area contributed by atoms with Crippen LogP contribution in [0.25, 0.3) is 33.6 Å². The fraction of sp³-hybridized carbons (Fsp3) is 0.286. The molecule has 10 heteroatoms. The molecule has 1 saturated carbocycles. The van der Waals surface area contributed by atoms with Crippen molar-refractivity contribution in [1.82, 2.24) is 39.7 Å².